The van der Waals surface area contributed by atoms with E-state index in [0.717, 1.165) is 11.7 Å². The fourth-order valence-corrected chi connectivity index (χ4v) is 1.28. The van der Waals surface area contributed by atoms with E-state index in [1.54, 1.807) is 0 Å². The average molecular weight is 218 g/mol. The van der Waals surface area contributed by atoms with Crippen molar-refractivity contribution in [2.45, 2.75) is 37.5 Å². The summed E-state index contributed by atoms with van der Waals surface area (Å²) < 4.78 is 0.259. The molecule has 0 aromatic rings. The summed E-state index contributed by atoms with van der Waals surface area (Å²) in [6.45, 7) is 5.35. The summed E-state index contributed by atoms with van der Waals surface area (Å²) in [7, 11) is 0. The second-order valence-corrected chi connectivity index (χ2v) is 5.99. The zero-order valence-electron chi connectivity index (χ0n) is 8.52. The Morgan fingerprint density at radius 3 is 2.62 bits per heavy atom. The van der Waals surface area contributed by atoms with Crippen LogP contribution in [0.5, 0.6) is 0 Å². The minimum absolute atomic E-state index is 0.259. The lowest BCUT2D eigenvalue weighted by molar-refractivity contribution is 0.670. The van der Waals surface area contributed by atoms with Gasteiger partial charge in [0.25, 0.3) is 0 Å². The molecule has 13 heavy (non-hydrogen) atoms. The molecular weight excluding hydrogens is 200 g/mol. The Balaban J connectivity index is 2.13. The summed E-state index contributed by atoms with van der Waals surface area (Å²) in [6.07, 6.45) is 4.67. The Kier molecular flexibility index (Phi) is 3.86. The smallest absolute Gasteiger partial charge is 0.166 e. The van der Waals surface area contributed by atoms with Gasteiger partial charge in [-0.25, -0.2) is 0 Å². The van der Waals surface area contributed by atoms with Crippen LogP contribution >= 0.6 is 24.0 Å². The van der Waals surface area contributed by atoms with E-state index in [2.05, 4.69) is 30.7 Å². The fourth-order valence-electron chi connectivity index (χ4n) is 0.829. The highest BCUT2D eigenvalue weighted by Gasteiger charge is 2.22. The van der Waals surface area contributed by atoms with Crippen LogP contribution in [0, 0.1) is 0 Å². The maximum Gasteiger partial charge on any atom is 0.166 e. The first-order valence-electron chi connectivity index (χ1n) is 4.63. The van der Waals surface area contributed by atoms with E-state index in [0.29, 0.717) is 6.04 Å². The van der Waals surface area contributed by atoms with Crippen molar-refractivity contribution in [1.29, 1.82) is 0 Å². The highest BCUT2D eigenvalue weighted by molar-refractivity contribution is 7.99. The van der Waals surface area contributed by atoms with Gasteiger partial charge in [-0.15, -0.1) is 0 Å². The summed E-state index contributed by atoms with van der Waals surface area (Å²) in [4.78, 5) is 0. The molecule has 0 aliphatic heterocycles. The second kappa shape index (κ2) is 4.51. The molecule has 1 aliphatic carbocycles. The molecule has 4 heteroatoms. The minimum Gasteiger partial charge on any atom is -0.361 e. The third kappa shape index (κ3) is 4.72. The van der Waals surface area contributed by atoms with E-state index >= 15 is 0 Å². The van der Waals surface area contributed by atoms with Crippen molar-refractivity contribution in [3.05, 3.63) is 0 Å². The molecule has 0 amide bonds. The molecule has 0 aromatic carbocycles. The molecule has 2 N–H and O–H groups in total. The Bertz CT molecular complexity index is 188. The van der Waals surface area contributed by atoms with E-state index in [1.807, 2.05) is 11.8 Å². The van der Waals surface area contributed by atoms with Gasteiger partial charge in [0.05, 0.1) is 0 Å². The first-order valence-corrected chi connectivity index (χ1v) is 6.26. The van der Waals surface area contributed by atoms with Crippen molar-refractivity contribution in [2.75, 3.05) is 12.8 Å². The van der Waals surface area contributed by atoms with Crippen molar-refractivity contribution < 1.29 is 0 Å². The van der Waals surface area contributed by atoms with E-state index in [4.69, 9.17) is 12.2 Å². The maximum absolute atomic E-state index is 5.15. The van der Waals surface area contributed by atoms with E-state index in [-0.39, 0.29) is 4.75 Å². The third-order valence-electron chi connectivity index (χ3n) is 2.14. The molecular formula is C9H18N2S2. The molecule has 76 valence electrons. The second-order valence-electron chi connectivity index (χ2n) is 4.07. The van der Waals surface area contributed by atoms with Crippen LogP contribution < -0.4 is 10.6 Å². The number of hydrogen-bond donors (Lipinski definition) is 2. The zero-order chi connectivity index (χ0) is 9.90. The minimum atomic E-state index is 0.259. The van der Waals surface area contributed by atoms with Gasteiger partial charge in [0.2, 0.25) is 0 Å². The van der Waals surface area contributed by atoms with Crippen LogP contribution in [0.4, 0.5) is 0 Å². The first kappa shape index (κ1) is 11.1. The molecule has 0 aromatic heterocycles. The number of rotatable bonds is 4. The molecule has 0 heterocycles. The molecule has 2 nitrogen and oxygen atoms in total. The van der Waals surface area contributed by atoms with Crippen LogP contribution in [-0.4, -0.2) is 28.7 Å². The molecule has 1 aliphatic rings. The molecule has 0 unspecified atom stereocenters. The summed E-state index contributed by atoms with van der Waals surface area (Å²) in [5.74, 6) is 0. The summed E-state index contributed by atoms with van der Waals surface area (Å²) in [5, 5.41) is 7.32. The Morgan fingerprint density at radius 1 is 1.54 bits per heavy atom. The monoisotopic (exact) mass is 218 g/mol. The summed E-state index contributed by atoms with van der Waals surface area (Å²) in [6, 6.07) is 0.650. The lowest BCUT2D eigenvalue weighted by Crippen LogP contribution is -2.42. The van der Waals surface area contributed by atoms with E-state index in [9.17, 15) is 0 Å². The Hall–Kier alpha value is 0.0400. The van der Waals surface area contributed by atoms with Gasteiger partial charge in [0.1, 0.15) is 0 Å². The highest BCUT2D eigenvalue weighted by Crippen LogP contribution is 2.20. The molecule has 1 fully saturated rings. The number of hydrogen-bond acceptors (Lipinski definition) is 2. The van der Waals surface area contributed by atoms with Gasteiger partial charge in [0.15, 0.2) is 5.11 Å². The van der Waals surface area contributed by atoms with Crippen molar-refractivity contribution in [3.8, 4) is 0 Å². The highest BCUT2D eigenvalue weighted by atomic mass is 32.2. The van der Waals surface area contributed by atoms with Gasteiger partial charge in [-0.2, -0.15) is 11.8 Å². The van der Waals surface area contributed by atoms with Crippen molar-refractivity contribution in [2.24, 2.45) is 0 Å². The van der Waals surface area contributed by atoms with Crippen molar-refractivity contribution in [1.82, 2.24) is 10.6 Å². The lowest BCUT2D eigenvalue weighted by Gasteiger charge is -2.23. The van der Waals surface area contributed by atoms with Crippen LogP contribution in [0.2, 0.25) is 0 Å². The van der Waals surface area contributed by atoms with Crippen LogP contribution in [0.25, 0.3) is 0 Å². The van der Waals surface area contributed by atoms with Crippen molar-refractivity contribution >= 4 is 29.1 Å². The standard InChI is InChI=1S/C9H18N2S2/c1-9(2,13-3)6-10-8(12)11-7-4-5-7/h7H,4-6H2,1-3H3,(H2,10,11,12). The largest absolute Gasteiger partial charge is 0.361 e. The predicted octanol–water partition coefficient (Wildman–Crippen LogP) is 1.75. The average Bonchev–Trinajstić information content (AvgIpc) is 2.85. The van der Waals surface area contributed by atoms with Gasteiger partial charge in [-0.1, -0.05) is 0 Å². The van der Waals surface area contributed by atoms with Gasteiger partial charge >= 0.3 is 0 Å². The number of nitrogens with one attached hydrogen (secondary N) is 2. The molecule has 1 rings (SSSR count). The first-order chi connectivity index (χ1) is 6.03. The topological polar surface area (TPSA) is 24.1 Å². The van der Waals surface area contributed by atoms with Crippen LogP contribution in [0.15, 0.2) is 0 Å². The van der Waals surface area contributed by atoms with Crippen molar-refractivity contribution in [3.63, 3.8) is 0 Å². The predicted molar refractivity (Wildman–Crippen MR) is 64.4 cm³/mol. The number of thiocarbonyl (C=S) groups is 1. The molecule has 0 atom stereocenters. The fraction of sp³-hybridized carbons (Fsp3) is 0.889. The quantitative estimate of drug-likeness (QED) is 0.702. The Morgan fingerprint density at radius 2 is 2.15 bits per heavy atom. The van der Waals surface area contributed by atoms with Crippen LogP contribution in [-0.2, 0) is 0 Å². The normalized spacial score (nSPS) is 16.8. The van der Waals surface area contributed by atoms with Gasteiger partial charge in [0, 0.05) is 17.3 Å². The molecule has 0 radical (unpaired) electrons. The van der Waals surface area contributed by atoms with Crippen LogP contribution in [0.3, 0.4) is 0 Å². The van der Waals surface area contributed by atoms with Gasteiger partial charge in [-0.3, -0.25) is 0 Å². The molecule has 0 spiro atoms. The lowest BCUT2D eigenvalue weighted by atomic mass is 10.2. The number of thioether (sulfide) groups is 1. The van der Waals surface area contributed by atoms with Gasteiger partial charge in [-0.05, 0) is 45.2 Å². The summed E-state index contributed by atoms with van der Waals surface area (Å²) in [5.41, 5.74) is 0. The van der Waals surface area contributed by atoms with Crippen LogP contribution in [0.1, 0.15) is 26.7 Å². The summed E-state index contributed by atoms with van der Waals surface area (Å²) >= 11 is 7.01. The van der Waals surface area contributed by atoms with E-state index < -0.39 is 0 Å². The maximum atomic E-state index is 5.15. The Labute approximate surface area is 90.2 Å². The zero-order valence-corrected chi connectivity index (χ0v) is 10.1. The van der Waals surface area contributed by atoms with E-state index in [1.165, 1.54) is 12.8 Å². The SMILES string of the molecule is CSC(C)(C)CNC(=S)NC1CC1. The molecule has 0 saturated heterocycles. The molecule has 1 saturated carbocycles. The van der Waals surface area contributed by atoms with Gasteiger partial charge < -0.3 is 10.6 Å². The third-order valence-corrected chi connectivity index (χ3v) is 3.65. The molecule has 0 bridgehead atoms.